The van der Waals surface area contributed by atoms with Crippen molar-refractivity contribution in [1.82, 2.24) is 14.5 Å². The molecule has 0 atom stereocenters. The minimum Gasteiger partial charge on any atom is -0.331 e. The molecule has 0 unspecified atom stereocenters. The quantitative estimate of drug-likeness (QED) is 0.750. The molecular formula is C17H14N4O2. The van der Waals surface area contributed by atoms with Crippen LogP contribution in [0.4, 0.5) is 5.69 Å². The molecule has 114 valence electrons. The van der Waals surface area contributed by atoms with Gasteiger partial charge in [-0.2, -0.15) is 0 Å². The summed E-state index contributed by atoms with van der Waals surface area (Å²) in [4.78, 5) is 32.3. The van der Waals surface area contributed by atoms with Gasteiger partial charge in [0.15, 0.2) is 5.82 Å². The number of amides is 1. The van der Waals surface area contributed by atoms with Crippen LogP contribution in [0.1, 0.15) is 26.5 Å². The monoisotopic (exact) mass is 306 g/mol. The summed E-state index contributed by atoms with van der Waals surface area (Å²) in [7, 11) is 1.77. The number of benzene rings is 1. The SMILES string of the molecule is Cn1ccnc1C(=O)c1ccc(NC(=O)c2ccncc2)cc1. The van der Waals surface area contributed by atoms with Gasteiger partial charge < -0.3 is 9.88 Å². The minimum absolute atomic E-state index is 0.162. The van der Waals surface area contributed by atoms with Crippen molar-refractivity contribution < 1.29 is 9.59 Å². The van der Waals surface area contributed by atoms with Gasteiger partial charge in [-0.3, -0.25) is 14.6 Å². The number of aromatic nitrogens is 3. The van der Waals surface area contributed by atoms with Crippen molar-refractivity contribution in [3.05, 3.63) is 78.1 Å². The molecule has 0 saturated carbocycles. The van der Waals surface area contributed by atoms with Gasteiger partial charge >= 0.3 is 0 Å². The Labute approximate surface area is 132 Å². The van der Waals surface area contributed by atoms with Crippen molar-refractivity contribution in [2.24, 2.45) is 7.05 Å². The van der Waals surface area contributed by atoms with Crippen LogP contribution in [0.2, 0.25) is 0 Å². The van der Waals surface area contributed by atoms with Gasteiger partial charge in [-0.25, -0.2) is 4.98 Å². The standard InChI is InChI=1S/C17H14N4O2/c1-21-11-10-19-16(21)15(22)12-2-4-14(5-3-12)20-17(23)13-6-8-18-9-7-13/h2-11H,1H3,(H,20,23). The lowest BCUT2D eigenvalue weighted by molar-refractivity contribution is 0.102. The Kier molecular flexibility index (Phi) is 3.97. The summed E-state index contributed by atoms with van der Waals surface area (Å²) in [5.74, 6) is -0.0151. The summed E-state index contributed by atoms with van der Waals surface area (Å²) in [5.41, 5.74) is 1.65. The molecule has 2 aromatic heterocycles. The van der Waals surface area contributed by atoms with Crippen LogP contribution >= 0.6 is 0 Å². The van der Waals surface area contributed by atoms with Crippen molar-refractivity contribution >= 4 is 17.4 Å². The molecule has 0 saturated heterocycles. The average molecular weight is 306 g/mol. The number of nitrogens with zero attached hydrogens (tertiary/aromatic N) is 3. The maximum absolute atomic E-state index is 12.3. The van der Waals surface area contributed by atoms with Crippen LogP contribution in [0, 0.1) is 0 Å². The van der Waals surface area contributed by atoms with Crippen LogP contribution < -0.4 is 5.32 Å². The number of carbonyl (C=O) groups is 2. The molecule has 3 aromatic rings. The zero-order valence-electron chi connectivity index (χ0n) is 12.4. The molecule has 1 amide bonds. The second kappa shape index (κ2) is 6.23. The lowest BCUT2D eigenvalue weighted by Crippen LogP contribution is -2.12. The van der Waals surface area contributed by atoms with Gasteiger partial charge in [0.1, 0.15) is 0 Å². The molecular weight excluding hydrogens is 292 g/mol. The molecule has 0 aliphatic rings. The van der Waals surface area contributed by atoms with Crippen LogP contribution in [0.5, 0.6) is 0 Å². The summed E-state index contributed by atoms with van der Waals surface area (Å²) in [6.07, 6.45) is 6.42. The molecule has 0 radical (unpaired) electrons. The van der Waals surface area contributed by atoms with Gasteiger partial charge in [-0.05, 0) is 36.4 Å². The number of carbonyl (C=O) groups excluding carboxylic acids is 2. The van der Waals surface area contributed by atoms with Crippen LogP contribution in [0.3, 0.4) is 0 Å². The van der Waals surface area contributed by atoms with Gasteiger partial charge in [-0.1, -0.05) is 0 Å². The molecule has 0 aliphatic heterocycles. The number of hydrogen-bond acceptors (Lipinski definition) is 4. The minimum atomic E-state index is -0.226. The van der Waals surface area contributed by atoms with E-state index in [-0.39, 0.29) is 11.7 Å². The highest BCUT2D eigenvalue weighted by Crippen LogP contribution is 2.14. The molecule has 2 heterocycles. The number of imidazole rings is 1. The fraction of sp³-hybridized carbons (Fsp3) is 0.0588. The van der Waals surface area contributed by atoms with Crippen molar-refractivity contribution in [2.75, 3.05) is 5.32 Å². The Hall–Kier alpha value is -3.28. The molecule has 0 bridgehead atoms. The summed E-state index contributed by atoms with van der Waals surface area (Å²) < 4.78 is 1.67. The van der Waals surface area contributed by atoms with Gasteiger partial charge in [0.2, 0.25) is 5.78 Å². The first-order chi connectivity index (χ1) is 11.1. The van der Waals surface area contributed by atoms with Crippen molar-refractivity contribution in [3.8, 4) is 0 Å². The zero-order valence-corrected chi connectivity index (χ0v) is 12.4. The maximum Gasteiger partial charge on any atom is 0.255 e. The van der Waals surface area contributed by atoms with E-state index in [0.717, 1.165) is 0 Å². The predicted octanol–water partition coefficient (Wildman–Crippen LogP) is 2.30. The Bertz CT molecular complexity index is 839. The van der Waals surface area contributed by atoms with E-state index in [4.69, 9.17) is 0 Å². The number of ketones is 1. The fourth-order valence-electron chi connectivity index (χ4n) is 2.12. The fourth-order valence-corrected chi connectivity index (χ4v) is 2.12. The second-order valence-corrected chi connectivity index (χ2v) is 4.96. The van der Waals surface area contributed by atoms with Gasteiger partial charge in [0, 0.05) is 48.6 Å². The third-order valence-corrected chi connectivity index (χ3v) is 3.37. The Morgan fingerprint density at radius 1 is 0.957 bits per heavy atom. The molecule has 6 heteroatoms. The first kappa shape index (κ1) is 14.6. The molecule has 0 spiro atoms. The first-order valence-electron chi connectivity index (χ1n) is 6.98. The zero-order chi connectivity index (χ0) is 16.2. The highest BCUT2D eigenvalue weighted by Gasteiger charge is 2.13. The molecule has 1 aromatic carbocycles. The van der Waals surface area contributed by atoms with Crippen LogP contribution in [0.25, 0.3) is 0 Å². The summed E-state index contributed by atoms with van der Waals surface area (Å²) in [6.45, 7) is 0. The molecule has 0 fully saturated rings. The smallest absolute Gasteiger partial charge is 0.255 e. The van der Waals surface area contributed by atoms with Gasteiger partial charge in [0.05, 0.1) is 0 Å². The van der Waals surface area contributed by atoms with Crippen molar-refractivity contribution in [3.63, 3.8) is 0 Å². The molecule has 6 nitrogen and oxygen atoms in total. The van der Waals surface area contributed by atoms with Crippen molar-refractivity contribution in [2.45, 2.75) is 0 Å². The third kappa shape index (κ3) is 3.16. The lowest BCUT2D eigenvalue weighted by Gasteiger charge is -2.06. The number of aryl methyl sites for hydroxylation is 1. The Morgan fingerprint density at radius 3 is 2.26 bits per heavy atom. The van der Waals surface area contributed by atoms with Gasteiger partial charge in [-0.15, -0.1) is 0 Å². The van der Waals surface area contributed by atoms with E-state index in [2.05, 4.69) is 15.3 Å². The molecule has 1 N–H and O–H groups in total. The first-order valence-corrected chi connectivity index (χ1v) is 6.98. The van der Waals surface area contributed by atoms with Crippen LogP contribution in [-0.4, -0.2) is 26.2 Å². The molecule has 23 heavy (non-hydrogen) atoms. The van der Waals surface area contributed by atoms with E-state index >= 15 is 0 Å². The molecule has 3 rings (SSSR count). The maximum atomic E-state index is 12.3. The highest BCUT2D eigenvalue weighted by atomic mass is 16.1. The van der Waals surface area contributed by atoms with E-state index in [1.54, 1.807) is 72.8 Å². The number of rotatable bonds is 4. The Morgan fingerprint density at radius 2 is 1.65 bits per heavy atom. The van der Waals surface area contributed by atoms with Crippen LogP contribution in [-0.2, 0) is 7.05 Å². The number of hydrogen-bond donors (Lipinski definition) is 1. The van der Waals surface area contributed by atoms with E-state index in [1.807, 2.05) is 0 Å². The summed E-state index contributed by atoms with van der Waals surface area (Å²) in [6, 6.07) is 9.98. The Balaban J connectivity index is 1.74. The molecule has 0 aliphatic carbocycles. The predicted molar refractivity (Wildman–Crippen MR) is 85.3 cm³/mol. The highest BCUT2D eigenvalue weighted by molar-refractivity contribution is 6.07. The number of nitrogens with one attached hydrogen (secondary N) is 1. The number of pyridine rings is 1. The van der Waals surface area contributed by atoms with E-state index in [0.29, 0.717) is 22.6 Å². The largest absolute Gasteiger partial charge is 0.331 e. The van der Waals surface area contributed by atoms with Crippen molar-refractivity contribution in [1.29, 1.82) is 0 Å². The topological polar surface area (TPSA) is 76.9 Å². The normalized spacial score (nSPS) is 10.3. The second-order valence-electron chi connectivity index (χ2n) is 4.96. The summed E-state index contributed by atoms with van der Waals surface area (Å²) >= 11 is 0. The van der Waals surface area contributed by atoms with Gasteiger partial charge in [0.25, 0.3) is 5.91 Å². The van der Waals surface area contributed by atoms with E-state index in [9.17, 15) is 9.59 Å². The average Bonchev–Trinajstić information content (AvgIpc) is 3.02. The number of anilines is 1. The third-order valence-electron chi connectivity index (χ3n) is 3.37. The lowest BCUT2D eigenvalue weighted by atomic mass is 10.1. The summed E-state index contributed by atoms with van der Waals surface area (Å²) in [5, 5.41) is 2.77. The van der Waals surface area contributed by atoms with E-state index in [1.165, 1.54) is 0 Å². The van der Waals surface area contributed by atoms with Crippen LogP contribution in [0.15, 0.2) is 61.2 Å². The van der Waals surface area contributed by atoms with E-state index < -0.39 is 0 Å².